The highest BCUT2D eigenvalue weighted by Gasteiger charge is 2.36. The Bertz CT molecular complexity index is 456. The van der Waals surface area contributed by atoms with E-state index < -0.39 is 5.82 Å². The molecule has 4 nitrogen and oxygen atoms in total. The second-order valence-electron chi connectivity index (χ2n) is 5.31. The van der Waals surface area contributed by atoms with Crippen LogP contribution in [0.4, 0.5) is 15.8 Å². The van der Waals surface area contributed by atoms with Gasteiger partial charge in [0.15, 0.2) is 11.6 Å². The summed E-state index contributed by atoms with van der Waals surface area (Å²) in [6, 6.07) is 2.93. The summed E-state index contributed by atoms with van der Waals surface area (Å²) in [5.41, 5.74) is 6.83. The summed E-state index contributed by atoms with van der Waals surface area (Å²) in [5.74, 6) is -0.185. The van der Waals surface area contributed by atoms with Crippen molar-refractivity contribution < 1.29 is 13.9 Å². The van der Waals surface area contributed by atoms with Crippen molar-refractivity contribution >= 4 is 11.4 Å². The van der Waals surface area contributed by atoms with Crippen molar-refractivity contribution in [1.29, 1.82) is 0 Å². The van der Waals surface area contributed by atoms with Crippen molar-refractivity contribution in [1.82, 2.24) is 0 Å². The van der Waals surface area contributed by atoms with Gasteiger partial charge in [0.25, 0.3) is 0 Å². The predicted molar refractivity (Wildman–Crippen MR) is 78.7 cm³/mol. The fourth-order valence-electron chi connectivity index (χ4n) is 2.32. The lowest BCUT2D eigenvalue weighted by Crippen LogP contribution is -2.45. The van der Waals surface area contributed by atoms with E-state index in [4.69, 9.17) is 15.2 Å². The van der Waals surface area contributed by atoms with Gasteiger partial charge in [0.2, 0.25) is 0 Å². The molecule has 1 fully saturated rings. The number of methoxy groups -OCH3 is 1. The Balaban J connectivity index is 2.06. The van der Waals surface area contributed by atoms with Gasteiger partial charge in [-0.2, -0.15) is 0 Å². The number of rotatable bonds is 7. The first-order valence-corrected chi connectivity index (χ1v) is 7.11. The molecule has 1 aromatic carbocycles. The monoisotopic (exact) mass is 282 g/mol. The van der Waals surface area contributed by atoms with Crippen LogP contribution in [0.15, 0.2) is 12.1 Å². The molecule has 0 spiro atoms. The zero-order valence-electron chi connectivity index (χ0n) is 12.2. The lowest BCUT2D eigenvalue weighted by molar-refractivity contribution is -0.0601. The molecule has 0 amide bonds. The van der Waals surface area contributed by atoms with E-state index in [1.165, 1.54) is 12.5 Å². The van der Waals surface area contributed by atoms with Gasteiger partial charge in [0.1, 0.15) is 0 Å². The Morgan fingerprint density at radius 2 is 2.15 bits per heavy atom. The third kappa shape index (κ3) is 3.15. The van der Waals surface area contributed by atoms with Gasteiger partial charge in [-0.3, -0.25) is 0 Å². The van der Waals surface area contributed by atoms with E-state index >= 15 is 0 Å². The average molecular weight is 282 g/mol. The maximum Gasteiger partial charge on any atom is 0.167 e. The van der Waals surface area contributed by atoms with Crippen LogP contribution in [0.5, 0.6) is 5.75 Å². The molecule has 0 heterocycles. The van der Waals surface area contributed by atoms with Crippen molar-refractivity contribution in [2.75, 3.05) is 31.3 Å². The molecule has 20 heavy (non-hydrogen) atoms. The predicted octanol–water partition coefficient (Wildman–Crippen LogP) is 3.18. The van der Waals surface area contributed by atoms with Crippen molar-refractivity contribution in [3.63, 3.8) is 0 Å². The largest absolute Gasteiger partial charge is 0.490 e. The van der Waals surface area contributed by atoms with Crippen LogP contribution in [0.3, 0.4) is 0 Å². The Morgan fingerprint density at radius 3 is 2.70 bits per heavy atom. The number of halogens is 1. The zero-order chi connectivity index (χ0) is 14.6. The minimum atomic E-state index is -0.424. The summed E-state index contributed by atoms with van der Waals surface area (Å²) >= 11 is 0. The Labute approximate surface area is 119 Å². The van der Waals surface area contributed by atoms with Crippen LogP contribution in [0.1, 0.15) is 32.6 Å². The van der Waals surface area contributed by atoms with Crippen LogP contribution >= 0.6 is 0 Å². The molecule has 112 valence electrons. The Kier molecular flexibility index (Phi) is 4.70. The van der Waals surface area contributed by atoms with Crippen LogP contribution in [-0.2, 0) is 4.74 Å². The van der Waals surface area contributed by atoms with Crippen molar-refractivity contribution in [2.45, 2.75) is 38.2 Å². The lowest BCUT2D eigenvalue weighted by Gasteiger charge is -2.40. The van der Waals surface area contributed by atoms with Gasteiger partial charge in [-0.05, 0) is 25.7 Å². The molecule has 1 aliphatic carbocycles. The van der Waals surface area contributed by atoms with Gasteiger partial charge in [0, 0.05) is 25.8 Å². The third-order valence-corrected chi connectivity index (χ3v) is 3.86. The second kappa shape index (κ2) is 6.31. The minimum Gasteiger partial charge on any atom is -0.490 e. The molecular weight excluding hydrogens is 259 g/mol. The average Bonchev–Trinajstić information content (AvgIpc) is 2.39. The minimum absolute atomic E-state index is 0.106. The van der Waals surface area contributed by atoms with Crippen LogP contribution in [0, 0.1) is 5.82 Å². The summed E-state index contributed by atoms with van der Waals surface area (Å²) in [6.07, 6.45) is 4.09. The number of nitrogen functional groups attached to an aromatic ring is 1. The van der Waals surface area contributed by atoms with Crippen LogP contribution in [0.25, 0.3) is 0 Å². The van der Waals surface area contributed by atoms with Crippen LogP contribution in [0.2, 0.25) is 0 Å². The summed E-state index contributed by atoms with van der Waals surface area (Å²) in [4.78, 5) is 0. The number of nitrogens with one attached hydrogen (secondary N) is 1. The zero-order valence-corrected chi connectivity index (χ0v) is 12.2. The van der Waals surface area contributed by atoms with Crippen molar-refractivity contribution in [3.05, 3.63) is 17.9 Å². The van der Waals surface area contributed by atoms with Crippen LogP contribution < -0.4 is 15.8 Å². The van der Waals surface area contributed by atoms with Crippen LogP contribution in [-0.4, -0.2) is 25.9 Å². The third-order valence-electron chi connectivity index (χ3n) is 3.86. The Hall–Kier alpha value is -1.49. The fraction of sp³-hybridized carbons (Fsp3) is 0.600. The lowest BCUT2D eigenvalue weighted by atomic mass is 9.80. The molecule has 1 aromatic rings. The quantitative estimate of drug-likeness (QED) is 0.754. The molecule has 1 aliphatic rings. The standard InChI is InChI=1S/C15H23FN2O2/c1-3-7-20-14-9-13(12(17)8-11(14)16)18-10-15(19-2)5-4-6-15/h8-9,18H,3-7,10,17H2,1-2H3. The first kappa shape index (κ1) is 14.9. The fourth-order valence-corrected chi connectivity index (χ4v) is 2.32. The second-order valence-corrected chi connectivity index (χ2v) is 5.31. The SMILES string of the molecule is CCCOc1cc(NCC2(OC)CCC2)c(N)cc1F. The molecule has 1 saturated carbocycles. The molecule has 0 aromatic heterocycles. The van der Waals surface area contributed by atoms with E-state index in [1.807, 2.05) is 6.92 Å². The summed E-state index contributed by atoms with van der Waals surface area (Å²) in [5, 5.41) is 3.25. The maximum atomic E-state index is 13.7. The maximum absolute atomic E-state index is 13.7. The highest BCUT2D eigenvalue weighted by molar-refractivity contribution is 5.68. The normalized spacial score (nSPS) is 16.6. The highest BCUT2D eigenvalue weighted by atomic mass is 19.1. The number of ether oxygens (including phenoxy) is 2. The first-order chi connectivity index (χ1) is 9.60. The molecule has 2 rings (SSSR count). The molecule has 0 atom stereocenters. The van der Waals surface area contributed by atoms with Gasteiger partial charge < -0.3 is 20.5 Å². The van der Waals surface area contributed by atoms with E-state index in [-0.39, 0.29) is 11.4 Å². The molecule has 5 heteroatoms. The number of hydrogen-bond acceptors (Lipinski definition) is 4. The van der Waals surface area contributed by atoms with E-state index in [1.54, 1.807) is 13.2 Å². The van der Waals surface area contributed by atoms with E-state index in [9.17, 15) is 4.39 Å². The first-order valence-electron chi connectivity index (χ1n) is 7.11. The van der Waals surface area contributed by atoms with Gasteiger partial charge in [-0.15, -0.1) is 0 Å². The molecule has 3 N–H and O–H groups in total. The number of benzene rings is 1. The van der Waals surface area contributed by atoms with E-state index in [2.05, 4.69) is 5.32 Å². The van der Waals surface area contributed by atoms with E-state index in [0.29, 0.717) is 24.5 Å². The van der Waals surface area contributed by atoms with Gasteiger partial charge in [-0.25, -0.2) is 4.39 Å². The molecular formula is C15H23FN2O2. The number of nitrogens with two attached hydrogens (primary N) is 1. The smallest absolute Gasteiger partial charge is 0.167 e. The van der Waals surface area contributed by atoms with Crippen molar-refractivity contribution in [2.24, 2.45) is 0 Å². The van der Waals surface area contributed by atoms with E-state index in [0.717, 1.165) is 19.3 Å². The molecule has 0 radical (unpaired) electrons. The Morgan fingerprint density at radius 1 is 1.40 bits per heavy atom. The highest BCUT2D eigenvalue weighted by Crippen LogP contribution is 2.36. The number of hydrogen-bond donors (Lipinski definition) is 2. The molecule has 0 saturated heterocycles. The summed E-state index contributed by atoms with van der Waals surface area (Å²) in [7, 11) is 1.73. The van der Waals surface area contributed by atoms with Gasteiger partial charge in [0.05, 0.1) is 23.6 Å². The molecule has 0 unspecified atom stereocenters. The van der Waals surface area contributed by atoms with Gasteiger partial charge in [-0.1, -0.05) is 6.92 Å². The molecule has 0 bridgehead atoms. The summed E-state index contributed by atoms with van der Waals surface area (Å²) in [6.45, 7) is 3.14. The number of anilines is 2. The summed E-state index contributed by atoms with van der Waals surface area (Å²) < 4.78 is 24.6. The molecule has 0 aliphatic heterocycles. The topological polar surface area (TPSA) is 56.5 Å². The van der Waals surface area contributed by atoms with Gasteiger partial charge >= 0.3 is 0 Å². The van der Waals surface area contributed by atoms with Crippen molar-refractivity contribution in [3.8, 4) is 5.75 Å².